The number of aromatic hydroxyl groups is 1. The summed E-state index contributed by atoms with van der Waals surface area (Å²) < 4.78 is 36.3. The number of halogens is 2. The molecule has 1 N–H and O–H groups in total. The number of benzene rings is 2. The van der Waals surface area contributed by atoms with Crippen LogP contribution in [-0.4, -0.2) is 24.7 Å². The maximum atomic E-state index is 15.8. The maximum Gasteiger partial charge on any atom is 0.172 e. The van der Waals surface area contributed by atoms with Gasteiger partial charge in [0.2, 0.25) is 0 Å². The standard InChI is InChI=1S/C39H34F2N4OS3/c1-22-8-12-24(13-9-22)20-44-36-28(16-26-18-32(46)48-38(26)36)34(42-44)30(40)6-4-3-5-7-31(41)35-29-17-27-19-33(47)49-39(27)37(29)45(43-35)21-25-14-10-23(2)11-15-25/h6-15,18-19,46-47H,3-5,16-17,20-21H2,1-2H3/b30-6-,31-7-. The zero-order valence-corrected chi connectivity index (χ0v) is 29.7. The molecule has 2 aromatic carbocycles. The van der Waals surface area contributed by atoms with Crippen LogP contribution in [0.25, 0.3) is 32.8 Å². The molecule has 0 saturated heterocycles. The number of aryl methyl sites for hydroxylation is 2. The molecular weight excluding hydrogens is 675 g/mol. The van der Waals surface area contributed by atoms with Gasteiger partial charge in [0, 0.05) is 24.0 Å². The molecule has 49 heavy (non-hydrogen) atoms. The van der Waals surface area contributed by atoms with Crippen molar-refractivity contribution in [3.8, 4) is 26.2 Å². The summed E-state index contributed by atoms with van der Waals surface area (Å²) in [6.07, 6.45) is 5.79. The van der Waals surface area contributed by atoms with Gasteiger partial charge < -0.3 is 5.11 Å². The highest BCUT2D eigenvalue weighted by atomic mass is 32.2. The summed E-state index contributed by atoms with van der Waals surface area (Å²) in [6, 6.07) is 20.4. The fraction of sp³-hybridized carbons (Fsp3) is 0.231. The Bertz CT molecular complexity index is 2110. The minimum absolute atomic E-state index is 0.252. The van der Waals surface area contributed by atoms with E-state index in [-0.39, 0.29) is 16.7 Å². The molecule has 0 bridgehead atoms. The van der Waals surface area contributed by atoms with E-state index in [1.807, 2.05) is 16.3 Å². The van der Waals surface area contributed by atoms with E-state index in [0.29, 0.717) is 56.6 Å². The van der Waals surface area contributed by atoms with Crippen molar-refractivity contribution in [1.29, 1.82) is 0 Å². The normalized spacial score (nSPS) is 13.6. The number of nitrogens with zero attached hydrogens (tertiary/aromatic N) is 4. The summed E-state index contributed by atoms with van der Waals surface area (Å²) in [7, 11) is 0. The second-order valence-corrected chi connectivity index (χ2v) is 15.8. The number of hydrogen-bond acceptors (Lipinski definition) is 6. The summed E-state index contributed by atoms with van der Waals surface area (Å²) in [4.78, 5) is 2.06. The zero-order chi connectivity index (χ0) is 33.8. The van der Waals surface area contributed by atoms with E-state index in [4.69, 9.17) is 10.2 Å². The number of thiol groups is 1. The van der Waals surface area contributed by atoms with E-state index in [9.17, 15) is 5.11 Å². The third-order valence-corrected chi connectivity index (χ3v) is 11.6. The molecular formula is C39H34F2N4OS3. The van der Waals surface area contributed by atoms with E-state index in [1.54, 1.807) is 29.6 Å². The monoisotopic (exact) mass is 708 g/mol. The Morgan fingerprint density at radius 3 is 1.73 bits per heavy atom. The smallest absolute Gasteiger partial charge is 0.172 e. The minimum Gasteiger partial charge on any atom is -0.499 e. The Morgan fingerprint density at radius 2 is 1.22 bits per heavy atom. The fourth-order valence-electron chi connectivity index (χ4n) is 6.83. The molecule has 6 aromatic rings. The molecule has 0 fully saturated rings. The van der Waals surface area contributed by atoms with Crippen LogP contribution in [0.3, 0.4) is 0 Å². The van der Waals surface area contributed by atoms with Crippen molar-refractivity contribution in [2.45, 2.75) is 63.3 Å². The third kappa shape index (κ3) is 6.11. The molecule has 5 nitrogen and oxygen atoms in total. The molecule has 2 aliphatic rings. The van der Waals surface area contributed by atoms with Gasteiger partial charge in [0.05, 0.1) is 38.4 Å². The molecule has 0 atom stereocenters. The van der Waals surface area contributed by atoms with Crippen LogP contribution >= 0.6 is 35.3 Å². The van der Waals surface area contributed by atoms with Gasteiger partial charge in [0.15, 0.2) is 5.06 Å². The lowest BCUT2D eigenvalue weighted by Crippen LogP contribution is -2.03. The van der Waals surface area contributed by atoms with Crippen LogP contribution in [0.2, 0.25) is 0 Å². The van der Waals surface area contributed by atoms with E-state index in [2.05, 4.69) is 74.1 Å². The van der Waals surface area contributed by atoms with Gasteiger partial charge >= 0.3 is 0 Å². The van der Waals surface area contributed by atoms with E-state index >= 15 is 8.78 Å². The van der Waals surface area contributed by atoms with Crippen LogP contribution in [-0.2, 0) is 25.9 Å². The average molecular weight is 709 g/mol. The number of allylic oxidation sites excluding steroid dienone is 2. The van der Waals surface area contributed by atoms with Crippen molar-refractivity contribution in [3.63, 3.8) is 0 Å². The number of fused-ring (bicyclic) bond motifs is 6. The first-order valence-corrected chi connectivity index (χ1v) is 18.5. The first kappa shape index (κ1) is 32.0. The number of hydrogen-bond donors (Lipinski definition) is 2. The Labute approximate surface area is 297 Å². The van der Waals surface area contributed by atoms with Gasteiger partial charge in [0.25, 0.3) is 0 Å². The van der Waals surface area contributed by atoms with Crippen molar-refractivity contribution in [1.82, 2.24) is 19.6 Å². The van der Waals surface area contributed by atoms with Crippen molar-refractivity contribution in [2.75, 3.05) is 0 Å². The van der Waals surface area contributed by atoms with Crippen LogP contribution < -0.4 is 0 Å². The summed E-state index contributed by atoms with van der Waals surface area (Å²) in [6.45, 7) is 5.16. The van der Waals surface area contributed by atoms with E-state index in [0.717, 1.165) is 58.7 Å². The molecule has 0 aliphatic heterocycles. The van der Waals surface area contributed by atoms with Gasteiger partial charge in [-0.25, -0.2) is 8.78 Å². The summed E-state index contributed by atoms with van der Waals surface area (Å²) in [5.74, 6) is -0.711. The van der Waals surface area contributed by atoms with Crippen LogP contribution in [0.5, 0.6) is 5.06 Å². The lowest BCUT2D eigenvalue weighted by molar-refractivity contribution is 0.490. The number of unbranched alkanes of at least 4 members (excludes halogenated alkanes) is 2. The SMILES string of the molecule is Cc1ccc(Cn2nc(/C(F)=C/CCC/C=C(\F)c3nn(Cc4ccc(C)cc4)c4c3Cc3cc(S)sc3-4)c3c2-c2sc(O)cc2C3)cc1. The van der Waals surface area contributed by atoms with Crippen LogP contribution in [0.4, 0.5) is 8.78 Å². The molecule has 0 saturated carbocycles. The average Bonchev–Trinajstić information content (AvgIpc) is 3.90. The maximum absolute atomic E-state index is 15.8. The fourth-order valence-corrected chi connectivity index (χ4v) is 9.25. The minimum atomic E-state index is -0.370. The van der Waals surface area contributed by atoms with Crippen molar-refractivity contribution in [3.05, 3.63) is 129 Å². The Morgan fingerprint density at radius 1 is 0.755 bits per heavy atom. The second kappa shape index (κ2) is 12.9. The molecule has 0 unspecified atom stereocenters. The highest BCUT2D eigenvalue weighted by Gasteiger charge is 2.32. The van der Waals surface area contributed by atoms with Gasteiger partial charge in [-0.3, -0.25) is 9.36 Å². The van der Waals surface area contributed by atoms with Gasteiger partial charge in [-0.2, -0.15) is 10.2 Å². The molecule has 248 valence electrons. The summed E-state index contributed by atoms with van der Waals surface area (Å²) in [5, 5.41) is 19.9. The van der Waals surface area contributed by atoms with Crippen LogP contribution in [0.1, 0.15) is 75.2 Å². The number of thiophene rings is 2. The highest BCUT2D eigenvalue weighted by molar-refractivity contribution is 7.83. The van der Waals surface area contributed by atoms with Crippen molar-refractivity contribution < 1.29 is 13.9 Å². The summed E-state index contributed by atoms with van der Waals surface area (Å²) >= 11 is 7.48. The lowest BCUT2D eigenvalue weighted by Gasteiger charge is -2.06. The quantitative estimate of drug-likeness (QED) is 0.110. The number of rotatable bonds is 10. The predicted octanol–water partition coefficient (Wildman–Crippen LogP) is 10.5. The molecule has 0 amide bonds. The van der Waals surface area contributed by atoms with Crippen molar-refractivity contribution in [2.24, 2.45) is 0 Å². The van der Waals surface area contributed by atoms with E-state index < -0.39 is 0 Å². The van der Waals surface area contributed by atoms with Crippen LogP contribution in [0, 0.1) is 13.8 Å². The van der Waals surface area contributed by atoms with Crippen molar-refractivity contribution >= 4 is 47.0 Å². The first-order valence-electron chi connectivity index (χ1n) is 16.4. The molecule has 0 spiro atoms. The molecule has 4 heterocycles. The Balaban J connectivity index is 0.989. The van der Waals surface area contributed by atoms with E-state index in [1.165, 1.54) is 22.5 Å². The largest absolute Gasteiger partial charge is 0.499 e. The third-order valence-electron chi connectivity index (χ3n) is 9.27. The lowest BCUT2D eigenvalue weighted by atomic mass is 10.1. The molecule has 8 rings (SSSR count). The summed E-state index contributed by atoms with van der Waals surface area (Å²) in [5.41, 5.74) is 11.0. The van der Waals surface area contributed by atoms with Gasteiger partial charge in [-0.05, 0) is 79.6 Å². The Kier molecular flexibility index (Phi) is 8.42. The molecule has 2 aliphatic carbocycles. The second-order valence-electron chi connectivity index (χ2n) is 12.9. The predicted molar refractivity (Wildman–Crippen MR) is 198 cm³/mol. The van der Waals surface area contributed by atoms with Gasteiger partial charge in [-0.1, -0.05) is 71.0 Å². The molecule has 0 radical (unpaired) electrons. The zero-order valence-electron chi connectivity index (χ0n) is 27.1. The first-order chi connectivity index (χ1) is 23.7. The highest BCUT2D eigenvalue weighted by Crippen LogP contribution is 2.48. The Hall–Kier alpha value is -4.25. The number of aromatic nitrogens is 4. The topological polar surface area (TPSA) is 55.9 Å². The molecule has 10 heteroatoms. The molecule has 4 aromatic heterocycles. The van der Waals surface area contributed by atoms with Gasteiger partial charge in [0.1, 0.15) is 23.0 Å². The van der Waals surface area contributed by atoms with Gasteiger partial charge in [-0.15, -0.1) is 24.0 Å². The van der Waals surface area contributed by atoms with Crippen LogP contribution in [0.15, 0.2) is 77.0 Å².